The minimum absolute atomic E-state index is 0.305. The number of hydrogen-bond donors (Lipinski definition) is 1. The van der Waals surface area contributed by atoms with E-state index in [0.29, 0.717) is 0 Å². The first kappa shape index (κ1) is 14.2. The first-order valence-electron chi connectivity index (χ1n) is 4.59. The zero-order valence-corrected chi connectivity index (χ0v) is 13.2. The van der Waals surface area contributed by atoms with Crippen LogP contribution >= 0.6 is 43.2 Å². The average molecular weight is 371 g/mol. The minimum Gasteiger partial charge on any atom is -0.469 e. The zero-order valence-electron chi connectivity index (χ0n) is 9.21. The molecule has 0 aliphatic rings. The van der Waals surface area contributed by atoms with Crippen LogP contribution in [0.1, 0.15) is 24.8 Å². The number of rotatable bonds is 3. The van der Waals surface area contributed by atoms with Gasteiger partial charge in [0.25, 0.3) is 0 Å². The summed E-state index contributed by atoms with van der Waals surface area (Å²) >= 11 is 8.32. The smallest absolute Gasteiger partial charge is 0.313 e. The number of thiophene rings is 1. The van der Waals surface area contributed by atoms with E-state index in [-0.39, 0.29) is 12.0 Å². The van der Waals surface area contributed by atoms with E-state index in [2.05, 4.69) is 31.9 Å². The van der Waals surface area contributed by atoms with Crippen LogP contribution in [0.5, 0.6) is 0 Å². The lowest BCUT2D eigenvalue weighted by atomic mass is 9.84. The highest BCUT2D eigenvalue weighted by molar-refractivity contribution is 9.13. The molecule has 16 heavy (non-hydrogen) atoms. The monoisotopic (exact) mass is 369 g/mol. The molecule has 1 heterocycles. The molecular weight excluding hydrogens is 358 g/mol. The highest BCUT2D eigenvalue weighted by Gasteiger charge is 2.37. The summed E-state index contributed by atoms with van der Waals surface area (Å²) in [5.74, 6) is -0.305. The molecular formula is C10H13Br2NO2S. The molecule has 1 atom stereocenters. The van der Waals surface area contributed by atoms with Crippen molar-refractivity contribution in [2.24, 2.45) is 11.1 Å². The molecule has 0 aliphatic heterocycles. The third kappa shape index (κ3) is 2.67. The molecule has 2 N–H and O–H groups in total. The van der Waals surface area contributed by atoms with Crippen LogP contribution in [0.25, 0.3) is 0 Å². The van der Waals surface area contributed by atoms with Crippen LogP contribution in [-0.4, -0.2) is 13.1 Å². The first-order valence-corrected chi connectivity index (χ1v) is 6.99. The van der Waals surface area contributed by atoms with Gasteiger partial charge in [0.15, 0.2) is 0 Å². The summed E-state index contributed by atoms with van der Waals surface area (Å²) in [5.41, 5.74) is 5.36. The van der Waals surface area contributed by atoms with Crippen LogP contribution in [-0.2, 0) is 9.53 Å². The Hall–Kier alpha value is 0.0900. The highest BCUT2D eigenvalue weighted by atomic mass is 79.9. The lowest BCUT2D eigenvalue weighted by molar-refractivity contribution is -0.152. The van der Waals surface area contributed by atoms with E-state index in [9.17, 15) is 4.79 Å². The number of methoxy groups -OCH3 is 1. The molecule has 0 fully saturated rings. The van der Waals surface area contributed by atoms with Gasteiger partial charge in [-0.25, -0.2) is 0 Å². The molecule has 0 saturated carbocycles. The topological polar surface area (TPSA) is 52.3 Å². The Morgan fingerprint density at radius 3 is 2.50 bits per heavy atom. The van der Waals surface area contributed by atoms with Crippen molar-refractivity contribution in [3.05, 3.63) is 19.2 Å². The molecule has 3 nitrogen and oxygen atoms in total. The normalized spacial score (nSPS) is 13.6. The molecule has 0 amide bonds. The fraction of sp³-hybridized carbons (Fsp3) is 0.500. The van der Waals surface area contributed by atoms with Crippen molar-refractivity contribution < 1.29 is 9.53 Å². The van der Waals surface area contributed by atoms with Crippen LogP contribution in [0, 0.1) is 5.41 Å². The molecule has 0 bridgehead atoms. The summed E-state index contributed by atoms with van der Waals surface area (Å²) in [4.78, 5) is 12.6. The maximum absolute atomic E-state index is 11.6. The van der Waals surface area contributed by atoms with Gasteiger partial charge in [-0.2, -0.15) is 0 Å². The predicted octanol–water partition coefficient (Wildman–Crippen LogP) is 3.47. The molecule has 0 aliphatic carbocycles. The van der Waals surface area contributed by atoms with Gasteiger partial charge in [-0.05, 0) is 51.8 Å². The van der Waals surface area contributed by atoms with E-state index in [1.165, 1.54) is 18.4 Å². The van der Waals surface area contributed by atoms with Crippen LogP contribution < -0.4 is 5.73 Å². The number of ether oxygens (including phenoxy) is 1. The second-order valence-corrected chi connectivity index (χ2v) is 7.22. The van der Waals surface area contributed by atoms with Crippen molar-refractivity contribution in [2.45, 2.75) is 19.9 Å². The highest BCUT2D eigenvalue weighted by Crippen LogP contribution is 2.40. The standard InChI is InChI=1S/C10H13Br2NO2S/c1-10(2,9(14)15-3)7(13)6-4-5(11)8(12)16-6/h4,7H,13H2,1-3H3/t7-/m0/s1. The third-order valence-corrected chi connectivity index (χ3v) is 5.80. The van der Waals surface area contributed by atoms with Crippen molar-refractivity contribution in [3.8, 4) is 0 Å². The van der Waals surface area contributed by atoms with Crippen LogP contribution in [0.4, 0.5) is 0 Å². The molecule has 0 aromatic carbocycles. The van der Waals surface area contributed by atoms with Crippen molar-refractivity contribution in [1.29, 1.82) is 0 Å². The molecule has 90 valence electrons. The molecule has 0 saturated heterocycles. The first-order chi connectivity index (χ1) is 7.30. The summed E-state index contributed by atoms with van der Waals surface area (Å²) < 4.78 is 6.68. The quantitative estimate of drug-likeness (QED) is 0.828. The molecule has 0 spiro atoms. The molecule has 0 unspecified atom stereocenters. The second kappa shape index (κ2) is 5.16. The van der Waals surface area contributed by atoms with Crippen LogP contribution in [0.2, 0.25) is 0 Å². The lowest BCUT2D eigenvalue weighted by Crippen LogP contribution is -2.36. The van der Waals surface area contributed by atoms with Crippen molar-refractivity contribution >= 4 is 49.2 Å². The number of halogens is 2. The van der Waals surface area contributed by atoms with Gasteiger partial charge in [-0.3, -0.25) is 4.79 Å². The Balaban J connectivity index is 3.01. The van der Waals surface area contributed by atoms with E-state index >= 15 is 0 Å². The Bertz CT molecular complexity index is 384. The lowest BCUT2D eigenvalue weighted by Gasteiger charge is -2.27. The molecule has 1 aromatic rings. The van der Waals surface area contributed by atoms with E-state index in [1.807, 2.05) is 6.07 Å². The summed E-state index contributed by atoms with van der Waals surface area (Å²) in [6.45, 7) is 3.57. The Morgan fingerprint density at radius 1 is 1.56 bits per heavy atom. The van der Waals surface area contributed by atoms with Crippen molar-refractivity contribution in [1.82, 2.24) is 0 Å². The van der Waals surface area contributed by atoms with Gasteiger partial charge in [0.05, 0.1) is 22.4 Å². The fourth-order valence-corrected chi connectivity index (χ4v) is 3.54. The van der Waals surface area contributed by atoms with Crippen LogP contribution in [0.15, 0.2) is 14.3 Å². The zero-order chi connectivity index (χ0) is 12.5. The fourth-order valence-electron chi connectivity index (χ4n) is 1.26. The minimum atomic E-state index is -0.738. The number of hydrogen-bond acceptors (Lipinski definition) is 4. The molecule has 1 aromatic heterocycles. The molecule has 0 radical (unpaired) electrons. The SMILES string of the molecule is COC(=O)C(C)(C)[C@@H](N)c1cc(Br)c(Br)s1. The Labute approximate surface area is 116 Å². The number of carbonyl (C=O) groups excluding carboxylic acids is 1. The summed E-state index contributed by atoms with van der Waals surface area (Å²) in [6, 6.07) is 1.54. The largest absolute Gasteiger partial charge is 0.469 e. The maximum Gasteiger partial charge on any atom is 0.313 e. The second-order valence-electron chi connectivity index (χ2n) is 3.96. The van der Waals surface area contributed by atoms with E-state index in [1.54, 1.807) is 13.8 Å². The number of nitrogens with two attached hydrogens (primary N) is 1. The van der Waals surface area contributed by atoms with Crippen LogP contribution in [0.3, 0.4) is 0 Å². The number of esters is 1. The van der Waals surface area contributed by atoms with Gasteiger partial charge in [-0.15, -0.1) is 11.3 Å². The summed E-state index contributed by atoms with van der Waals surface area (Å²) in [6.07, 6.45) is 0. The predicted molar refractivity (Wildman–Crippen MR) is 72.4 cm³/mol. The van der Waals surface area contributed by atoms with Crippen molar-refractivity contribution in [2.75, 3.05) is 7.11 Å². The van der Waals surface area contributed by atoms with Gasteiger partial charge >= 0.3 is 5.97 Å². The molecule has 6 heteroatoms. The molecule has 1 rings (SSSR count). The summed E-state index contributed by atoms with van der Waals surface area (Å²) in [5, 5.41) is 0. The number of carbonyl (C=O) groups is 1. The Morgan fingerprint density at radius 2 is 2.12 bits per heavy atom. The van der Waals surface area contributed by atoms with Gasteiger partial charge in [0.2, 0.25) is 0 Å². The van der Waals surface area contributed by atoms with Gasteiger partial charge in [0, 0.05) is 9.35 Å². The van der Waals surface area contributed by atoms with E-state index in [4.69, 9.17) is 10.5 Å². The van der Waals surface area contributed by atoms with Gasteiger partial charge in [-0.1, -0.05) is 0 Å². The van der Waals surface area contributed by atoms with Crippen molar-refractivity contribution in [3.63, 3.8) is 0 Å². The van der Waals surface area contributed by atoms with Gasteiger partial charge < -0.3 is 10.5 Å². The maximum atomic E-state index is 11.6. The van der Waals surface area contributed by atoms with E-state index < -0.39 is 5.41 Å². The van der Waals surface area contributed by atoms with Gasteiger partial charge in [0.1, 0.15) is 0 Å². The van der Waals surface area contributed by atoms with E-state index in [0.717, 1.165) is 13.1 Å². The summed E-state index contributed by atoms with van der Waals surface area (Å²) in [7, 11) is 1.37. The average Bonchev–Trinajstić information content (AvgIpc) is 2.56. The third-order valence-electron chi connectivity index (χ3n) is 2.46. The Kier molecular flexibility index (Phi) is 4.57.